The van der Waals surface area contributed by atoms with Crippen LogP contribution in [0.1, 0.15) is 21.1 Å². The maximum Gasteiger partial charge on any atom is 0.261 e. The highest BCUT2D eigenvalue weighted by Crippen LogP contribution is 2.35. The highest BCUT2D eigenvalue weighted by atomic mass is 32.1. The highest BCUT2D eigenvalue weighted by molar-refractivity contribution is 7.20. The maximum atomic E-state index is 12.9. The molecule has 2 aromatic rings. The Morgan fingerprint density at radius 2 is 1.83 bits per heavy atom. The molecule has 0 aromatic carbocycles. The summed E-state index contributed by atoms with van der Waals surface area (Å²) in [4.78, 5) is 30.9. The zero-order valence-electron chi connectivity index (χ0n) is 17.5. The molecule has 0 radical (unpaired) electrons. The maximum absolute atomic E-state index is 12.9. The Hall–Kier alpha value is -1.81. The van der Waals surface area contributed by atoms with E-state index in [9.17, 15) is 4.79 Å². The van der Waals surface area contributed by atoms with Gasteiger partial charge in [0.15, 0.2) is 0 Å². The van der Waals surface area contributed by atoms with E-state index >= 15 is 0 Å². The van der Waals surface area contributed by atoms with Crippen molar-refractivity contribution in [1.82, 2.24) is 25.1 Å². The van der Waals surface area contributed by atoms with Gasteiger partial charge in [-0.3, -0.25) is 9.69 Å². The van der Waals surface area contributed by atoms with Gasteiger partial charge in [-0.2, -0.15) is 0 Å². The van der Waals surface area contributed by atoms with Crippen LogP contribution in [-0.4, -0.2) is 98.3 Å². The van der Waals surface area contributed by atoms with Crippen molar-refractivity contribution in [2.24, 2.45) is 0 Å². The normalized spacial score (nSPS) is 19.1. The van der Waals surface area contributed by atoms with Gasteiger partial charge in [-0.15, -0.1) is 11.3 Å². The number of nitrogens with one attached hydrogen (secondary N) is 1. The largest absolute Gasteiger partial charge is 0.379 e. The number of fused-ring (bicyclic) bond motifs is 1. The lowest BCUT2D eigenvalue weighted by atomic mass is 10.1. The second-order valence-corrected chi connectivity index (χ2v) is 8.83. The van der Waals surface area contributed by atoms with Gasteiger partial charge in [0.2, 0.25) is 0 Å². The third-order valence-corrected chi connectivity index (χ3v) is 6.89. The predicted molar refractivity (Wildman–Crippen MR) is 116 cm³/mol. The van der Waals surface area contributed by atoms with Crippen molar-refractivity contribution in [1.29, 1.82) is 0 Å². The molecule has 29 heavy (non-hydrogen) atoms. The van der Waals surface area contributed by atoms with Gasteiger partial charge in [0.05, 0.1) is 23.5 Å². The number of ether oxygens (including phenoxy) is 1. The van der Waals surface area contributed by atoms with Gasteiger partial charge in [0.25, 0.3) is 5.91 Å². The van der Waals surface area contributed by atoms with Gasteiger partial charge < -0.3 is 19.9 Å². The van der Waals surface area contributed by atoms with E-state index < -0.39 is 0 Å². The molecule has 0 bridgehead atoms. The molecule has 2 fully saturated rings. The van der Waals surface area contributed by atoms with Crippen LogP contribution in [0.2, 0.25) is 0 Å². The van der Waals surface area contributed by atoms with Crippen LogP contribution in [0.25, 0.3) is 10.2 Å². The third-order valence-electron chi connectivity index (χ3n) is 5.71. The molecule has 9 heteroatoms. The molecule has 2 saturated heterocycles. The minimum absolute atomic E-state index is 0.0132. The van der Waals surface area contributed by atoms with Gasteiger partial charge >= 0.3 is 0 Å². The first kappa shape index (κ1) is 20.5. The highest BCUT2D eigenvalue weighted by Gasteiger charge is 2.24. The molecule has 4 heterocycles. The van der Waals surface area contributed by atoms with Crippen molar-refractivity contribution in [3.05, 3.63) is 16.3 Å². The van der Waals surface area contributed by atoms with Crippen LogP contribution in [0.5, 0.6) is 0 Å². The summed E-state index contributed by atoms with van der Waals surface area (Å²) in [6, 6.07) is 0. The summed E-state index contributed by atoms with van der Waals surface area (Å²) >= 11 is 1.48. The Morgan fingerprint density at radius 1 is 1.10 bits per heavy atom. The average Bonchev–Trinajstić information content (AvgIpc) is 3.05. The number of hydrogen-bond donors (Lipinski definition) is 1. The van der Waals surface area contributed by atoms with Crippen molar-refractivity contribution in [3.63, 3.8) is 0 Å². The molecule has 158 valence electrons. The first-order chi connectivity index (χ1) is 14.0. The molecule has 1 amide bonds. The second-order valence-electron chi connectivity index (χ2n) is 7.83. The summed E-state index contributed by atoms with van der Waals surface area (Å²) in [6.45, 7) is 12.8. The van der Waals surface area contributed by atoms with Crippen molar-refractivity contribution in [3.8, 4) is 0 Å². The second kappa shape index (κ2) is 8.91. The van der Waals surface area contributed by atoms with Gasteiger partial charge in [-0.25, -0.2) is 9.97 Å². The minimum Gasteiger partial charge on any atom is -0.379 e. The van der Waals surface area contributed by atoms with Crippen LogP contribution in [0.15, 0.2) is 0 Å². The first-order valence-corrected chi connectivity index (χ1v) is 11.1. The van der Waals surface area contributed by atoms with Crippen LogP contribution >= 0.6 is 11.3 Å². The fraction of sp³-hybridized carbons (Fsp3) is 0.650. The van der Waals surface area contributed by atoms with Crippen LogP contribution in [0, 0.1) is 13.8 Å². The van der Waals surface area contributed by atoms with Crippen molar-refractivity contribution in [2.75, 3.05) is 77.5 Å². The summed E-state index contributed by atoms with van der Waals surface area (Å²) in [5.41, 5.74) is 0.989. The lowest BCUT2D eigenvalue weighted by molar-refractivity contribution is 0.0383. The molecule has 0 aliphatic carbocycles. The summed E-state index contributed by atoms with van der Waals surface area (Å²) in [6.07, 6.45) is 0. The molecular formula is C20H30N6O2S. The molecule has 4 rings (SSSR count). The van der Waals surface area contributed by atoms with Gasteiger partial charge in [-0.1, -0.05) is 0 Å². The number of piperazine rings is 1. The summed E-state index contributed by atoms with van der Waals surface area (Å²) in [7, 11) is 2.15. The molecule has 1 N–H and O–H groups in total. The quantitative estimate of drug-likeness (QED) is 0.780. The number of carbonyl (C=O) groups is 1. The van der Waals surface area contributed by atoms with E-state index in [4.69, 9.17) is 9.72 Å². The van der Waals surface area contributed by atoms with E-state index in [1.807, 2.05) is 13.8 Å². The average molecular weight is 419 g/mol. The first-order valence-electron chi connectivity index (χ1n) is 10.3. The summed E-state index contributed by atoms with van der Waals surface area (Å²) < 4.78 is 5.38. The van der Waals surface area contributed by atoms with E-state index in [-0.39, 0.29) is 5.91 Å². The Balaban J connectivity index is 1.52. The van der Waals surface area contributed by atoms with E-state index in [1.165, 1.54) is 11.3 Å². The molecule has 2 aliphatic heterocycles. The molecular weight excluding hydrogens is 388 g/mol. The molecule has 0 saturated carbocycles. The SMILES string of the molecule is Cc1nc(N2CCN(C)CC2)c2c(C)c(C(=O)NCCN3CCOCC3)sc2n1. The van der Waals surface area contributed by atoms with Crippen molar-refractivity contribution in [2.45, 2.75) is 13.8 Å². The Morgan fingerprint density at radius 3 is 2.55 bits per heavy atom. The topological polar surface area (TPSA) is 73.8 Å². The molecule has 2 aliphatic rings. The predicted octanol–water partition coefficient (Wildman–Crippen LogP) is 1.12. The Bertz CT molecular complexity index is 871. The number of hydrogen-bond acceptors (Lipinski definition) is 8. The number of thiophene rings is 1. The van der Waals surface area contributed by atoms with E-state index in [0.717, 1.165) is 91.3 Å². The lowest BCUT2D eigenvalue weighted by Crippen LogP contribution is -2.45. The number of nitrogens with zero attached hydrogens (tertiary/aromatic N) is 5. The van der Waals surface area contributed by atoms with Crippen LogP contribution < -0.4 is 10.2 Å². The molecule has 0 unspecified atom stereocenters. The van der Waals surface area contributed by atoms with Gasteiger partial charge in [0.1, 0.15) is 16.5 Å². The zero-order valence-corrected chi connectivity index (χ0v) is 18.3. The number of rotatable bonds is 5. The standard InChI is InChI=1S/C20H30N6O2S/c1-14-16-18(26-8-6-24(3)7-9-26)22-15(2)23-20(16)29-17(14)19(27)21-4-5-25-10-12-28-13-11-25/h4-13H2,1-3H3,(H,21,27). The molecule has 0 spiro atoms. The van der Waals surface area contributed by atoms with Crippen LogP contribution in [-0.2, 0) is 4.74 Å². The zero-order chi connectivity index (χ0) is 20.4. The van der Waals surface area contributed by atoms with Crippen LogP contribution in [0.3, 0.4) is 0 Å². The summed E-state index contributed by atoms with van der Waals surface area (Å²) in [5.74, 6) is 1.72. The smallest absolute Gasteiger partial charge is 0.261 e. The molecule has 2 aromatic heterocycles. The number of aromatic nitrogens is 2. The molecule has 0 atom stereocenters. The Labute approximate surface area is 175 Å². The number of likely N-dealkylation sites (N-methyl/N-ethyl adjacent to an activating group) is 1. The molecule has 8 nitrogen and oxygen atoms in total. The van der Waals surface area contributed by atoms with Crippen molar-refractivity contribution >= 4 is 33.3 Å². The fourth-order valence-corrected chi connectivity index (χ4v) is 5.06. The monoisotopic (exact) mass is 418 g/mol. The summed E-state index contributed by atoms with van der Waals surface area (Å²) in [5, 5.41) is 4.12. The van der Waals surface area contributed by atoms with E-state index in [1.54, 1.807) is 0 Å². The van der Waals surface area contributed by atoms with E-state index in [2.05, 4.69) is 32.0 Å². The number of anilines is 1. The van der Waals surface area contributed by atoms with E-state index in [0.29, 0.717) is 6.54 Å². The lowest BCUT2D eigenvalue weighted by Gasteiger charge is -2.33. The number of morpholine rings is 1. The fourth-order valence-electron chi connectivity index (χ4n) is 3.92. The Kier molecular flexibility index (Phi) is 6.29. The number of carbonyl (C=O) groups excluding carboxylic acids is 1. The number of aryl methyl sites for hydroxylation is 2. The van der Waals surface area contributed by atoms with Crippen molar-refractivity contribution < 1.29 is 9.53 Å². The van der Waals surface area contributed by atoms with Gasteiger partial charge in [-0.05, 0) is 26.5 Å². The number of amides is 1. The van der Waals surface area contributed by atoms with Crippen LogP contribution in [0.4, 0.5) is 5.82 Å². The van der Waals surface area contributed by atoms with Gasteiger partial charge in [0, 0.05) is 52.4 Å². The minimum atomic E-state index is -0.0132. The third kappa shape index (κ3) is 4.53.